The SMILES string of the molecule is CN1C=CC(CC=CC=C(S(=O)(=O)C(F)(F)F)S(=O)(=O)C(F)(F)F)c2ccccc21. The molecule has 0 N–H and O–H groups in total. The van der Waals surface area contributed by atoms with E-state index < -0.39 is 34.9 Å². The predicted octanol–water partition coefficient (Wildman–Crippen LogP) is 4.39. The molecule has 0 saturated heterocycles. The maximum Gasteiger partial charge on any atom is 0.502 e. The number of halogens is 6. The molecular formula is C17H15F6NO4S2. The first-order chi connectivity index (χ1) is 13.6. The van der Waals surface area contributed by atoms with E-state index >= 15 is 0 Å². The van der Waals surface area contributed by atoms with Gasteiger partial charge in [0.05, 0.1) is 0 Å². The van der Waals surface area contributed by atoms with Crippen LogP contribution in [0.1, 0.15) is 17.9 Å². The Balaban J connectivity index is 2.40. The number of sulfone groups is 2. The lowest BCUT2D eigenvalue weighted by atomic mass is 9.91. The molecular weight excluding hydrogens is 460 g/mol. The zero-order valence-corrected chi connectivity index (χ0v) is 16.8. The van der Waals surface area contributed by atoms with Crippen LogP contribution in [0.2, 0.25) is 0 Å². The summed E-state index contributed by atoms with van der Waals surface area (Å²) in [7, 11) is -11.7. The molecule has 0 bridgehead atoms. The van der Waals surface area contributed by atoms with Crippen molar-refractivity contribution >= 4 is 25.4 Å². The Morgan fingerprint density at radius 1 is 1.00 bits per heavy atom. The summed E-state index contributed by atoms with van der Waals surface area (Å²) in [6.07, 6.45) is 4.96. The lowest BCUT2D eigenvalue weighted by Crippen LogP contribution is -2.34. The monoisotopic (exact) mass is 475 g/mol. The third-order valence-corrected chi connectivity index (χ3v) is 8.02. The number of benzene rings is 1. The minimum atomic E-state index is -6.76. The second-order valence-electron chi connectivity index (χ2n) is 6.17. The molecule has 5 nitrogen and oxygen atoms in total. The average molecular weight is 475 g/mol. The number of fused-ring (bicyclic) bond motifs is 1. The van der Waals surface area contributed by atoms with E-state index in [1.807, 2.05) is 0 Å². The second-order valence-corrected chi connectivity index (χ2v) is 10.2. The Bertz CT molecular complexity index is 1050. The first-order valence-electron chi connectivity index (χ1n) is 8.10. The topological polar surface area (TPSA) is 71.5 Å². The van der Waals surface area contributed by atoms with E-state index in [-0.39, 0.29) is 18.4 Å². The summed E-state index contributed by atoms with van der Waals surface area (Å²) in [4.78, 5) is 1.80. The van der Waals surface area contributed by atoms with Crippen LogP contribution in [0.15, 0.2) is 59.0 Å². The third kappa shape index (κ3) is 4.56. The van der Waals surface area contributed by atoms with Crippen molar-refractivity contribution in [3.63, 3.8) is 0 Å². The summed E-state index contributed by atoms with van der Waals surface area (Å²) >= 11 is 0. The van der Waals surface area contributed by atoms with E-state index in [0.717, 1.165) is 17.3 Å². The summed E-state index contributed by atoms with van der Waals surface area (Å²) in [6.45, 7) is 0. The highest BCUT2D eigenvalue weighted by Gasteiger charge is 2.59. The molecule has 1 aliphatic rings. The number of allylic oxidation sites excluding steroid dienone is 4. The van der Waals surface area contributed by atoms with Crippen LogP contribution in [0.25, 0.3) is 0 Å². The molecule has 1 aromatic rings. The van der Waals surface area contributed by atoms with Gasteiger partial charge in [-0.25, -0.2) is 16.8 Å². The molecule has 0 amide bonds. The molecule has 1 atom stereocenters. The fourth-order valence-electron chi connectivity index (χ4n) is 2.67. The van der Waals surface area contributed by atoms with Gasteiger partial charge in [-0.05, 0) is 24.1 Å². The minimum absolute atomic E-state index is 0.0727. The maximum atomic E-state index is 12.7. The Kier molecular flexibility index (Phi) is 6.48. The Labute approximate surface area is 168 Å². The largest absolute Gasteiger partial charge is 0.502 e. The average Bonchev–Trinajstić information content (AvgIpc) is 2.61. The molecule has 1 unspecified atom stereocenters. The van der Waals surface area contributed by atoms with Crippen LogP contribution < -0.4 is 4.90 Å². The molecule has 1 aromatic carbocycles. The lowest BCUT2D eigenvalue weighted by molar-refractivity contribution is -0.0444. The number of alkyl halides is 6. The van der Waals surface area contributed by atoms with Crippen LogP contribution in [-0.4, -0.2) is 34.9 Å². The van der Waals surface area contributed by atoms with Crippen molar-refractivity contribution in [3.8, 4) is 0 Å². The van der Waals surface area contributed by atoms with Crippen LogP contribution in [0.3, 0.4) is 0 Å². The second kappa shape index (κ2) is 8.10. The Hall–Kier alpha value is -2.28. The fourth-order valence-corrected chi connectivity index (χ4v) is 5.36. The molecule has 30 heavy (non-hydrogen) atoms. The van der Waals surface area contributed by atoms with Gasteiger partial charge in [0, 0.05) is 24.9 Å². The van der Waals surface area contributed by atoms with Gasteiger partial charge < -0.3 is 4.90 Å². The van der Waals surface area contributed by atoms with Crippen LogP contribution in [0, 0.1) is 0 Å². The zero-order valence-electron chi connectivity index (χ0n) is 15.1. The first-order valence-corrected chi connectivity index (χ1v) is 11.1. The van der Waals surface area contributed by atoms with Crippen LogP contribution in [0.4, 0.5) is 32.0 Å². The van der Waals surface area contributed by atoms with Crippen molar-refractivity contribution < 1.29 is 43.2 Å². The molecule has 1 heterocycles. The van der Waals surface area contributed by atoms with Gasteiger partial charge >= 0.3 is 11.0 Å². The van der Waals surface area contributed by atoms with E-state index in [1.165, 1.54) is 0 Å². The highest BCUT2D eigenvalue weighted by atomic mass is 32.3. The molecule has 13 heteroatoms. The van der Waals surface area contributed by atoms with Crippen molar-refractivity contribution in [2.75, 3.05) is 11.9 Å². The first kappa shape index (κ1) is 24.0. The molecule has 0 radical (unpaired) electrons. The van der Waals surface area contributed by atoms with Crippen LogP contribution in [0.5, 0.6) is 0 Å². The molecule has 0 aromatic heterocycles. The molecule has 166 valence electrons. The zero-order chi connectivity index (χ0) is 23.0. The van der Waals surface area contributed by atoms with Crippen molar-refractivity contribution in [2.24, 2.45) is 0 Å². The van der Waals surface area contributed by atoms with Gasteiger partial charge in [-0.2, -0.15) is 26.3 Å². The van der Waals surface area contributed by atoms with Crippen LogP contribution in [-0.2, 0) is 19.7 Å². The van der Waals surface area contributed by atoms with Gasteiger partial charge in [0.25, 0.3) is 19.7 Å². The summed E-state index contributed by atoms with van der Waals surface area (Å²) < 4.78 is 119. The molecule has 0 saturated carbocycles. The van der Waals surface area contributed by atoms with Gasteiger partial charge in [0.15, 0.2) is 4.24 Å². The van der Waals surface area contributed by atoms with Gasteiger partial charge in [-0.1, -0.05) is 36.4 Å². The molecule has 0 fully saturated rings. The van der Waals surface area contributed by atoms with Crippen molar-refractivity contribution in [1.29, 1.82) is 0 Å². The van der Waals surface area contributed by atoms with E-state index in [0.29, 0.717) is 6.08 Å². The number of nitrogens with zero attached hydrogens (tertiary/aromatic N) is 1. The lowest BCUT2D eigenvalue weighted by Gasteiger charge is -2.27. The van der Waals surface area contributed by atoms with E-state index in [2.05, 4.69) is 0 Å². The molecule has 0 spiro atoms. The van der Waals surface area contributed by atoms with Crippen molar-refractivity contribution in [3.05, 3.63) is 64.6 Å². The number of para-hydroxylation sites is 1. The number of rotatable bonds is 5. The fraction of sp³-hybridized carbons (Fsp3) is 0.294. The van der Waals surface area contributed by atoms with Gasteiger partial charge in [0.2, 0.25) is 0 Å². The normalized spacial score (nSPS) is 17.8. The Morgan fingerprint density at radius 3 is 2.07 bits per heavy atom. The molecule has 1 aliphatic heterocycles. The quantitative estimate of drug-likeness (QED) is 0.467. The minimum Gasteiger partial charge on any atom is -0.351 e. The predicted molar refractivity (Wildman–Crippen MR) is 98.5 cm³/mol. The smallest absolute Gasteiger partial charge is 0.351 e. The van der Waals surface area contributed by atoms with Gasteiger partial charge in [-0.3, -0.25) is 0 Å². The van der Waals surface area contributed by atoms with E-state index in [4.69, 9.17) is 0 Å². The molecule has 0 aliphatic carbocycles. The number of hydrogen-bond acceptors (Lipinski definition) is 5. The van der Waals surface area contributed by atoms with E-state index in [1.54, 1.807) is 48.5 Å². The number of hydrogen-bond donors (Lipinski definition) is 0. The standard InChI is InChI=1S/C17H15F6NO4S2/c1-24-11-10-12(13-7-3-4-8-14(13)24)6-2-5-9-15(29(25,26)16(18,19)20)30(27,28)17(21,22)23/h2-5,7-12H,6H2,1H3. The summed E-state index contributed by atoms with van der Waals surface area (Å²) in [5.41, 5.74) is -10.8. The Morgan fingerprint density at radius 2 is 1.53 bits per heavy atom. The highest BCUT2D eigenvalue weighted by molar-refractivity contribution is 8.15. The highest BCUT2D eigenvalue weighted by Crippen LogP contribution is 2.39. The van der Waals surface area contributed by atoms with Crippen molar-refractivity contribution in [1.82, 2.24) is 0 Å². The summed E-state index contributed by atoms with van der Waals surface area (Å²) in [5, 5.41) is 0. The van der Waals surface area contributed by atoms with Gasteiger partial charge in [0.1, 0.15) is 0 Å². The van der Waals surface area contributed by atoms with Crippen LogP contribution >= 0.6 is 0 Å². The van der Waals surface area contributed by atoms with E-state index in [9.17, 15) is 43.2 Å². The maximum absolute atomic E-state index is 12.7. The van der Waals surface area contributed by atoms with Crippen molar-refractivity contribution in [2.45, 2.75) is 23.4 Å². The third-order valence-electron chi connectivity index (χ3n) is 4.16. The summed E-state index contributed by atoms with van der Waals surface area (Å²) in [5.74, 6) is -0.302. The number of anilines is 1. The summed E-state index contributed by atoms with van der Waals surface area (Å²) in [6, 6.07) is 7.10. The molecule has 2 rings (SSSR count). The van der Waals surface area contributed by atoms with Gasteiger partial charge in [-0.15, -0.1) is 0 Å².